The highest BCUT2D eigenvalue weighted by molar-refractivity contribution is 5.96. The Labute approximate surface area is 152 Å². The molecular formula is C19H23N3O4. The summed E-state index contributed by atoms with van der Waals surface area (Å²) in [5, 5.41) is 18.3. The number of nitrogens with zero attached hydrogens (tertiary/aromatic N) is 3. The van der Waals surface area contributed by atoms with Crippen molar-refractivity contribution >= 4 is 17.7 Å². The van der Waals surface area contributed by atoms with Crippen molar-refractivity contribution in [1.29, 1.82) is 5.26 Å². The summed E-state index contributed by atoms with van der Waals surface area (Å²) < 4.78 is 13.2. The molecule has 138 valence electrons. The van der Waals surface area contributed by atoms with Crippen LogP contribution in [0.5, 0.6) is 11.6 Å². The molecule has 2 rings (SSSR count). The molecule has 0 fully saturated rings. The molecule has 0 aliphatic heterocycles. The van der Waals surface area contributed by atoms with Crippen molar-refractivity contribution in [3.05, 3.63) is 29.6 Å². The van der Waals surface area contributed by atoms with Gasteiger partial charge >= 0.3 is 5.97 Å². The maximum atomic E-state index is 11.2. The van der Waals surface area contributed by atoms with Crippen LogP contribution in [0.25, 0.3) is 11.7 Å². The first-order valence-electron chi connectivity index (χ1n) is 8.63. The highest BCUT2D eigenvalue weighted by Crippen LogP contribution is 2.29. The minimum Gasteiger partial charge on any atom is -0.487 e. The number of carboxylic acid groups (broad SMARTS) is 1. The number of unbranched alkanes of at least 4 members (excludes halogenated alkanes) is 2. The van der Waals surface area contributed by atoms with E-state index in [2.05, 4.69) is 11.9 Å². The Bertz CT molecular complexity index is 846. The maximum absolute atomic E-state index is 11.2. The van der Waals surface area contributed by atoms with E-state index in [1.165, 1.54) is 6.08 Å². The number of hydrogen-bond acceptors (Lipinski definition) is 5. The second kappa shape index (κ2) is 8.90. The topological polar surface area (TPSA) is 96.9 Å². The molecule has 7 heteroatoms. The van der Waals surface area contributed by atoms with Gasteiger partial charge in [-0.3, -0.25) is 4.40 Å². The first-order valence-corrected chi connectivity index (χ1v) is 8.63. The van der Waals surface area contributed by atoms with Crippen molar-refractivity contribution in [2.45, 2.75) is 46.1 Å². The van der Waals surface area contributed by atoms with E-state index in [1.54, 1.807) is 28.8 Å². The molecule has 2 aromatic rings. The van der Waals surface area contributed by atoms with Crippen LogP contribution in [-0.2, 0) is 4.79 Å². The van der Waals surface area contributed by atoms with Crippen molar-refractivity contribution in [3.63, 3.8) is 0 Å². The molecule has 0 aliphatic rings. The Hall–Kier alpha value is -3.01. The van der Waals surface area contributed by atoms with Crippen molar-refractivity contribution in [1.82, 2.24) is 9.38 Å². The Balaban J connectivity index is 2.53. The third-order valence-electron chi connectivity index (χ3n) is 3.60. The molecule has 0 atom stereocenters. The normalized spacial score (nSPS) is 11.6. The number of aromatic nitrogens is 2. The number of ether oxygens (including phenoxy) is 2. The molecule has 0 aromatic carbocycles. The second-order valence-corrected chi connectivity index (χ2v) is 6.07. The van der Waals surface area contributed by atoms with Crippen molar-refractivity contribution in [2.24, 2.45) is 0 Å². The summed E-state index contributed by atoms with van der Waals surface area (Å²) in [4.78, 5) is 15.7. The van der Waals surface area contributed by atoms with E-state index < -0.39 is 5.97 Å². The zero-order valence-electron chi connectivity index (χ0n) is 15.2. The fourth-order valence-electron chi connectivity index (χ4n) is 2.42. The zero-order chi connectivity index (χ0) is 19.1. The highest BCUT2D eigenvalue weighted by atomic mass is 16.5. The van der Waals surface area contributed by atoms with Gasteiger partial charge in [-0.1, -0.05) is 19.8 Å². The lowest BCUT2D eigenvalue weighted by Gasteiger charge is -2.10. The first-order chi connectivity index (χ1) is 12.5. The molecule has 0 amide bonds. The van der Waals surface area contributed by atoms with Gasteiger partial charge in [0, 0.05) is 6.20 Å². The lowest BCUT2D eigenvalue weighted by atomic mass is 10.2. The molecule has 1 N–H and O–H groups in total. The average molecular weight is 357 g/mol. The van der Waals surface area contributed by atoms with Crippen LogP contribution in [0.3, 0.4) is 0 Å². The van der Waals surface area contributed by atoms with E-state index in [0.29, 0.717) is 23.7 Å². The van der Waals surface area contributed by atoms with E-state index in [4.69, 9.17) is 19.8 Å². The van der Waals surface area contributed by atoms with E-state index in [0.717, 1.165) is 19.3 Å². The summed E-state index contributed by atoms with van der Waals surface area (Å²) >= 11 is 0. The summed E-state index contributed by atoms with van der Waals surface area (Å²) in [6.07, 6.45) is 5.92. The van der Waals surface area contributed by atoms with Crippen LogP contribution >= 0.6 is 0 Å². The highest BCUT2D eigenvalue weighted by Gasteiger charge is 2.18. The van der Waals surface area contributed by atoms with Gasteiger partial charge in [-0.05, 0) is 38.5 Å². The van der Waals surface area contributed by atoms with Crippen LogP contribution in [0.4, 0.5) is 0 Å². The average Bonchev–Trinajstić information content (AvgIpc) is 2.94. The van der Waals surface area contributed by atoms with Gasteiger partial charge in [0.25, 0.3) is 0 Å². The predicted molar refractivity (Wildman–Crippen MR) is 97.2 cm³/mol. The van der Waals surface area contributed by atoms with Gasteiger partial charge in [-0.15, -0.1) is 0 Å². The lowest BCUT2D eigenvalue weighted by molar-refractivity contribution is -0.132. The summed E-state index contributed by atoms with van der Waals surface area (Å²) in [5.74, 6) is -0.446. The van der Waals surface area contributed by atoms with E-state index >= 15 is 0 Å². The minimum absolute atomic E-state index is 0.0421. The van der Waals surface area contributed by atoms with Gasteiger partial charge < -0.3 is 14.6 Å². The maximum Gasteiger partial charge on any atom is 0.346 e. The molecule has 0 bridgehead atoms. The predicted octanol–water partition coefficient (Wildman–Crippen LogP) is 3.68. The van der Waals surface area contributed by atoms with Gasteiger partial charge in [0.05, 0.1) is 12.7 Å². The molecule has 0 aliphatic carbocycles. The van der Waals surface area contributed by atoms with Crippen molar-refractivity contribution < 1.29 is 19.4 Å². The van der Waals surface area contributed by atoms with E-state index in [9.17, 15) is 4.79 Å². The first kappa shape index (κ1) is 19.3. The number of hydrogen-bond donors (Lipinski definition) is 1. The molecule has 0 saturated heterocycles. The fourth-order valence-corrected chi connectivity index (χ4v) is 2.42. The number of pyridine rings is 1. The lowest BCUT2D eigenvalue weighted by Crippen LogP contribution is -2.06. The number of fused-ring (bicyclic) bond motifs is 1. The monoisotopic (exact) mass is 357 g/mol. The number of rotatable bonds is 9. The quantitative estimate of drug-likeness (QED) is 0.418. The SMILES string of the molecule is CCCCCOc1nc2c(OC(C)C)cccn2c1/C=C(\C#N)C(=O)O. The number of aliphatic carboxylic acids is 1. The van der Waals surface area contributed by atoms with Crippen LogP contribution in [0.2, 0.25) is 0 Å². The summed E-state index contributed by atoms with van der Waals surface area (Å²) in [5.41, 5.74) is 0.533. The molecule has 0 saturated carbocycles. The summed E-state index contributed by atoms with van der Waals surface area (Å²) in [7, 11) is 0. The molecular weight excluding hydrogens is 334 g/mol. The third kappa shape index (κ3) is 4.54. The fraction of sp³-hybridized carbons (Fsp3) is 0.421. The van der Waals surface area contributed by atoms with E-state index in [-0.39, 0.29) is 17.6 Å². The van der Waals surface area contributed by atoms with Crippen molar-refractivity contribution in [3.8, 4) is 17.7 Å². The van der Waals surface area contributed by atoms with Gasteiger partial charge in [0.15, 0.2) is 11.4 Å². The molecule has 2 aromatic heterocycles. The van der Waals surface area contributed by atoms with Gasteiger partial charge in [0.2, 0.25) is 5.88 Å². The van der Waals surface area contributed by atoms with Gasteiger partial charge in [0.1, 0.15) is 17.3 Å². The Morgan fingerprint density at radius 3 is 2.85 bits per heavy atom. The van der Waals surface area contributed by atoms with Gasteiger partial charge in [-0.25, -0.2) is 4.79 Å². The van der Waals surface area contributed by atoms with Crippen LogP contribution in [-0.4, -0.2) is 33.2 Å². The molecule has 7 nitrogen and oxygen atoms in total. The summed E-state index contributed by atoms with van der Waals surface area (Å²) in [6.45, 7) is 6.38. The third-order valence-corrected chi connectivity index (χ3v) is 3.60. The number of carbonyl (C=O) groups is 1. The second-order valence-electron chi connectivity index (χ2n) is 6.07. The number of carboxylic acids is 1. The molecule has 0 unspecified atom stereocenters. The summed E-state index contributed by atoms with van der Waals surface area (Å²) in [6, 6.07) is 5.25. The Morgan fingerprint density at radius 1 is 1.46 bits per heavy atom. The molecule has 0 radical (unpaired) electrons. The van der Waals surface area contributed by atoms with Crippen molar-refractivity contribution in [2.75, 3.05) is 6.61 Å². The van der Waals surface area contributed by atoms with Crippen LogP contribution in [0, 0.1) is 11.3 Å². The molecule has 0 spiro atoms. The molecule has 26 heavy (non-hydrogen) atoms. The largest absolute Gasteiger partial charge is 0.487 e. The van der Waals surface area contributed by atoms with Crippen LogP contribution in [0.15, 0.2) is 23.9 Å². The Morgan fingerprint density at radius 2 is 2.23 bits per heavy atom. The minimum atomic E-state index is -1.30. The zero-order valence-corrected chi connectivity index (χ0v) is 15.2. The smallest absolute Gasteiger partial charge is 0.346 e. The van der Waals surface area contributed by atoms with Gasteiger partial charge in [-0.2, -0.15) is 10.2 Å². The standard InChI is InChI=1S/C19H23N3O4/c1-4-5-6-10-25-18-15(11-14(12-20)19(23)24)22-9-7-8-16(17(22)21-18)26-13(2)3/h7-9,11,13H,4-6,10H2,1-3H3,(H,23,24)/b14-11+. The van der Waals surface area contributed by atoms with Crippen LogP contribution in [0.1, 0.15) is 45.7 Å². The molecule has 2 heterocycles. The van der Waals surface area contributed by atoms with E-state index in [1.807, 2.05) is 13.8 Å². The Kier molecular flexibility index (Phi) is 6.61. The number of nitriles is 1. The van der Waals surface area contributed by atoms with Crippen LogP contribution < -0.4 is 9.47 Å². The number of imidazole rings is 1.